The molecule has 0 amide bonds. The minimum absolute atomic E-state index is 0.161. The lowest BCUT2D eigenvalue weighted by Crippen LogP contribution is -2.37. The maximum atomic E-state index is 11.8. The molecule has 5 heteroatoms. The number of piperidine rings is 1. The Morgan fingerprint density at radius 3 is 2.67 bits per heavy atom. The Labute approximate surface area is 87.1 Å². The molecular weight excluding hydrogens is 194 g/mol. The summed E-state index contributed by atoms with van der Waals surface area (Å²) in [7, 11) is 1.51. The van der Waals surface area contributed by atoms with Crippen LogP contribution in [0.1, 0.15) is 24.3 Å². The zero-order chi connectivity index (χ0) is 10.8. The molecule has 0 aromatic carbocycles. The zero-order valence-electron chi connectivity index (χ0n) is 8.75. The fourth-order valence-corrected chi connectivity index (χ4v) is 2.01. The third-order valence-electron chi connectivity index (χ3n) is 2.99. The van der Waals surface area contributed by atoms with E-state index >= 15 is 0 Å². The minimum atomic E-state index is -0.349. The van der Waals surface area contributed by atoms with Crippen LogP contribution in [0.4, 0.5) is 0 Å². The van der Waals surface area contributed by atoms with Gasteiger partial charge in [0.25, 0.3) is 5.56 Å². The second kappa shape index (κ2) is 4.02. The first-order valence-corrected chi connectivity index (χ1v) is 5.19. The van der Waals surface area contributed by atoms with E-state index in [9.17, 15) is 9.59 Å². The number of aromatic amines is 1. The van der Waals surface area contributed by atoms with Gasteiger partial charge in [0.2, 0.25) is 0 Å². The molecule has 0 unspecified atom stereocenters. The topological polar surface area (TPSA) is 66.9 Å². The molecule has 1 aromatic heterocycles. The monoisotopic (exact) mass is 209 g/mol. The summed E-state index contributed by atoms with van der Waals surface area (Å²) >= 11 is 0. The maximum Gasteiger partial charge on any atom is 0.328 e. The molecule has 0 atom stereocenters. The van der Waals surface area contributed by atoms with Gasteiger partial charge in [0, 0.05) is 18.8 Å². The fraction of sp³-hybridized carbons (Fsp3) is 0.600. The maximum absolute atomic E-state index is 11.8. The SMILES string of the molecule is Cn1c(=O)[nH]cc(C2CCNCC2)c1=O. The van der Waals surface area contributed by atoms with E-state index in [-0.39, 0.29) is 17.2 Å². The minimum Gasteiger partial charge on any atom is -0.317 e. The van der Waals surface area contributed by atoms with Gasteiger partial charge in [-0.05, 0) is 31.8 Å². The number of nitrogens with one attached hydrogen (secondary N) is 2. The third kappa shape index (κ3) is 1.87. The Morgan fingerprint density at radius 1 is 1.33 bits per heavy atom. The van der Waals surface area contributed by atoms with E-state index in [1.54, 1.807) is 6.20 Å². The molecule has 2 rings (SSSR count). The van der Waals surface area contributed by atoms with Crippen molar-refractivity contribution in [3.63, 3.8) is 0 Å². The van der Waals surface area contributed by atoms with Gasteiger partial charge >= 0.3 is 5.69 Å². The standard InChI is InChI=1S/C10H15N3O2/c1-13-9(14)8(6-12-10(13)15)7-2-4-11-5-3-7/h6-7,11H,2-5H2,1H3,(H,12,15). The molecule has 1 aliphatic heterocycles. The molecule has 0 saturated carbocycles. The van der Waals surface area contributed by atoms with Crippen LogP contribution in [0.25, 0.3) is 0 Å². The van der Waals surface area contributed by atoms with Gasteiger partial charge in [-0.2, -0.15) is 0 Å². The van der Waals surface area contributed by atoms with Gasteiger partial charge in [-0.25, -0.2) is 4.79 Å². The summed E-state index contributed by atoms with van der Waals surface area (Å²) in [4.78, 5) is 25.6. The van der Waals surface area contributed by atoms with Gasteiger partial charge in [-0.1, -0.05) is 0 Å². The van der Waals surface area contributed by atoms with Crippen LogP contribution in [-0.2, 0) is 7.05 Å². The lowest BCUT2D eigenvalue weighted by Gasteiger charge is -2.22. The largest absolute Gasteiger partial charge is 0.328 e. The Morgan fingerprint density at radius 2 is 2.00 bits per heavy atom. The molecule has 0 spiro atoms. The molecule has 0 bridgehead atoms. The second-order valence-electron chi connectivity index (χ2n) is 3.94. The van der Waals surface area contributed by atoms with Crippen LogP contribution in [0.5, 0.6) is 0 Å². The highest BCUT2D eigenvalue weighted by Gasteiger charge is 2.18. The Kier molecular flexibility index (Phi) is 2.73. The average Bonchev–Trinajstić information content (AvgIpc) is 2.27. The fourth-order valence-electron chi connectivity index (χ4n) is 2.01. The summed E-state index contributed by atoms with van der Waals surface area (Å²) in [5.74, 6) is 0.279. The van der Waals surface area contributed by atoms with E-state index in [0.717, 1.165) is 36.1 Å². The summed E-state index contributed by atoms with van der Waals surface area (Å²) in [6.45, 7) is 1.87. The summed E-state index contributed by atoms with van der Waals surface area (Å²) in [5, 5.41) is 3.25. The summed E-state index contributed by atoms with van der Waals surface area (Å²) in [6.07, 6.45) is 3.49. The number of rotatable bonds is 1. The molecule has 1 fully saturated rings. The second-order valence-corrected chi connectivity index (χ2v) is 3.94. The Bertz CT molecular complexity index is 454. The first-order chi connectivity index (χ1) is 7.20. The van der Waals surface area contributed by atoms with Gasteiger partial charge in [0.1, 0.15) is 0 Å². The van der Waals surface area contributed by atoms with Gasteiger partial charge in [0.05, 0.1) is 0 Å². The van der Waals surface area contributed by atoms with E-state index in [4.69, 9.17) is 0 Å². The molecule has 1 aliphatic rings. The molecule has 2 heterocycles. The Hall–Kier alpha value is -1.36. The predicted molar refractivity (Wildman–Crippen MR) is 57.1 cm³/mol. The smallest absolute Gasteiger partial charge is 0.317 e. The third-order valence-corrected chi connectivity index (χ3v) is 2.99. The molecule has 0 radical (unpaired) electrons. The van der Waals surface area contributed by atoms with Crippen LogP contribution >= 0.6 is 0 Å². The highest BCUT2D eigenvalue weighted by Crippen LogP contribution is 2.20. The lowest BCUT2D eigenvalue weighted by atomic mass is 9.92. The van der Waals surface area contributed by atoms with Crippen molar-refractivity contribution < 1.29 is 0 Å². The van der Waals surface area contributed by atoms with Crippen LogP contribution < -0.4 is 16.6 Å². The molecule has 82 valence electrons. The van der Waals surface area contributed by atoms with Crippen LogP contribution in [0.2, 0.25) is 0 Å². The van der Waals surface area contributed by atoms with Crippen molar-refractivity contribution in [3.8, 4) is 0 Å². The van der Waals surface area contributed by atoms with E-state index in [2.05, 4.69) is 10.3 Å². The van der Waals surface area contributed by atoms with Gasteiger partial charge in [-0.3, -0.25) is 9.36 Å². The van der Waals surface area contributed by atoms with Gasteiger partial charge < -0.3 is 10.3 Å². The number of H-pyrrole nitrogens is 1. The normalized spacial score (nSPS) is 17.9. The Balaban J connectivity index is 2.40. The van der Waals surface area contributed by atoms with Crippen LogP contribution in [0, 0.1) is 0 Å². The zero-order valence-corrected chi connectivity index (χ0v) is 8.75. The molecule has 5 nitrogen and oxygen atoms in total. The van der Waals surface area contributed by atoms with E-state index in [0.29, 0.717) is 0 Å². The predicted octanol–water partition coefficient (Wildman–Crippen LogP) is -0.459. The van der Waals surface area contributed by atoms with Crippen molar-refractivity contribution in [2.45, 2.75) is 18.8 Å². The van der Waals surface area contributed by atoms with Crippen molar-refractivity contribution in [1.82, 2.24) is 14.9 Å². The summed E-state index contributed by atoms with van der Waals surface area (Å²) in [5.41, 5.74) is 0.224. The molecular formula is C10H15N3O2. The lowest BCUT2D eigenvalue weighted by molar-refractivity contribution is 0.454. The summed E-state index contributed by atoms with van der Waals surface area (Å²) < 4.78 is 1.14. The molecule has 2 N–H and O–H groups in total. The molecule has 0 aliphatic carbocycles. The van der Waals surface area contributed by atoms with Crippen LogP contribution in [0.15, 0.2) is 15.8 Å². The molecule has 1 saturated heterocycles. The van der Waals surface area contributed by atoms with E-state index in [1.807, 2.05) is 0 Å². The summed E-state index contributed by atoms with van der Waals surface area (Å²) in [6, 6.07) is 0. The van der Waals surface area contributed by atoms with Crippen molar-refractivity contribution in [1.29, 1.82) is 0 Å². The van der Waals surface area contributed by atoms with Crippen molar-refractivity contribution in [2.24, 2.45) is 7.05 Å². The van der Waals surface area contributed by atoms with Crippen molar-refractivity contribution in [3.05, 3.63) is 32.6 Å². The van der Waals surface area contributed by atoms with Crippen LogP contribution in [0.3, 0.4) is 0 Å². The molecule has 15 heavy (non-hydrogen) atoms. The quantitative estimate of drug-likeness (QED) is 0.657. The van der Waals surface area contributed by atoms with E-state index < -0.39 is 0 Å². The average molecular weight is 209 g/mol. The number of hydrogen-bond donors (Lipinski definition) is 2. The first kappa shape index (κ1) is 10.2. The highest BCUT2D eigenvalue weighted by molar-refractivity contribution is 5.12. The van der Waals surface area contributed by atoms with Crippen molar-refractivity contribution in [2.75, 3.05) is 13.1 Å². The van der Waals surface area contributed by atoms with Gasteiger partial charge in [0.15, 0.2) is 0 Å². The molecule has 1 aromatic rings. The van der Waals surface area contributed by atoms with Crippen LogP contribution in [-0.4, -0.2) is 22.6 Å². The van der Waals surface area contributed by atoms with Crippen molar-refractivity contribution >= 4 is 0 Å². The highest BCUT2D eigenvalue weighted by atomic mass is 16.2. The van der Waals surface area contributed by atoms with Gasteiger partial charge in [-0.15, -0.1) is 0 Å². The number of hydrogen-bond acceptors (Lipinski definition) is 3. The first-order valence-electron chi connectivity index (χ1n) is 5.19. The number of aromatic nitrogens is 2. The number of nitrogens with zero attached hydrogens (tertiary/aromatic N) is 1. The van der Waals surface area contributed by atoms with E-state index in [1.165, 1.54) is 7.05 Å².